The maximum atomic E-state index is 13.6. The molecule has 3 heterocycles. The van der Waals surface area contributed by atoms with Gasteiger partial charge in [0.25, 0.3) is 0 Å². The molecule has 0 spiro atoms. The molecule has 1 fully saturated rings. The molecule has 34 heavy (non-hydrogen) atoms. The average Bonchev–Trinajstić information content (AvgIpc) is 3.47. The number of hydrogen-bond acceptors (Lipinski definition) is 4. The van der Waals surface area contributed by atoms with E-state index in [4.69, 9.17) is 9.97 Å². The number of aryl methyl sites for hydroxylation is 1. The zero-order valence-corrected chi connectivity index (χ0v) is 20.2. The molecule has 1 aliphatic rings. The van der Waals surface area contributed by atoms with Gasteiger partial charge in [0.05, 0.1) is 12.0 Å². The fourth-order valence-corrected chi connectivity index (χ4v) is 4.67. The molecular weight excluding hydrogens is 427 g/mol. The van der Waals surface area contributed by atoms with E-state index >= 15 is 0 Å². The Bertz CT molecular complexity index is 1280. The first-order chi connectivity index (χ1) is 16.4. The first kappa shape index (κ1) is 22.3. The molecule has 0 radical (unpaired) electrons. The molecule has 0 atom stereocenters. The highest BCUT2D eigenvalue weighted by Crippen LogP contribution is 2.34. The SMILES string of the molecule is Cc1cc(-n2ccnc2-c2c(-c3ccc(F)cc3)ncn2C(C)C)ccc1N1CCN(C)CC1. The van der Waals surface area contributed by atoms with E-state index in [9.17, 15) is 4.39 Å². The van der Waals surface area contributed by atoms with E-state index in [2.05, 4.69) is 65.0 Å². The second-order valence-corrected chi connectivity index (χ2v) is 9.33. The van der Waals surface area contributed by atoms with E-state index in [1.165, 1.54) is 23.4 Å². The van der Waals surface area contributed by atoms with Crippen LogP contribution in [0.1, 0.15) is 25.5 Å². The molecule has 2 aromatic heterocycles. The van der Waals surface area contributed by atoms with Crippen LogP contribution in [0.25, 0.3) is 28.5 Å². The van der Waals surface area contributed by atoms with Crippen LogP contribution >= 0.6 is 0 Å². The third-order valence-electron chi connectivity index (χ3n) is 6.62. The molecule has 5 rings (SSSR count). The van der Waals surface area contributed by atoms with E-state index in [0.717, 1.165) is 54.6 Å². The quantitative estimate of drug-likeness (QED) is 0.413. The van der Waals surface area contributed by atoms with Crippen molar-refractivity contribution >= 4 is 5.69 Å². The Balaban J connectivity index is 1.56. The molecule has 0 unspecified atom stereocenters. The lowest BCUT2D eigenvalue weighted by Crippen LogP contribution is -2.44. The Hall–Kier alpha value is -3.45. The Kier molecular flexibility index (Phi) is 5.96. The van der Waals surface area contributed by atoms with Gasteiger partial charge in [-0.3, -0.25) is 4.57 Å². The summed E-state index contributed by atoms with van der Waals surface area (Å²) in [7, 11) is 2.18. The van der Waals surface area contributed by atoms with Crippen molar-refractivity contribution < 1.29 is 4.39 Å². The van der Waals surface area contributed by atoms with Gasteiger partial charge in [-0.2, -0.15) is 0 Å². The van der Waals surface area contributed by atoms with Crippen LogP contribution in [-0.2, 0) is 0 Å². The van der Waals surface area contributed by atoms with E-state index in [-0.39, 0.29) is 11.9 Å². The molecular formula is C27H31FN6. The summed E-state index contributed by atoms with van der Waals surface area (Å²) < 4.78 is 17.8. The lowest BCUT2D eigenvalue weighted by Gasteiger charge is -2.35. The third-order valence-corrected chi connectivity index (χ3v) is 6.62. The molecule has 0 aliphatic carbocycles. The summed E-state index contributed by atoms with van der Waals surface area (Å²) in [5, 5.41) is 0. The van der Waals surface area contributed by atoms with Crippen LogP contribution in [0, 0.1) is 12.7 Å². The van der Waals surface area contributed by atoms with Crippen LogP contribution in [0.5, 0.6) is 0 Å². The van der Waals surface area contributed by atoms with Crippen molar-refractivity contribution in [3.63, 3.8) is 0 Å². The molecule has 176 valence electrons. The Labute approximate surface area is 200 Å². The van der Waals surface area contributed by atoms with Gasteiger partial charge in [0.1, 0.15) is 11.5 Å². The maximum Gasteiger partial charge on any atom is 0.163 e. The predicted octanol–water partition coefficient (Wildman–Crippen LogP) is 5.18. The summed E-state index contributed by atoms with van der Waals surface area (Å²) in [6.07, 6.45) is 5.66. The van der Waals surface area contributed by atoms with Crippen molar-refractivity contribution in [2.75, 3.05) is 38.1 Å². The summed E-state index contributed by atoms with van der Waals surface area (Å²) in [4.78, 5) is 14.3. The number of likely N-dealkylation sites (N-methyl/N-ethyl adjacent to an activating group) is 1. The van der Waals surface area contributed by atoms with Crippen molar-refractivity contribution in [2.45, 2.75) is 26.8 Å². The van der Waals surface area contributed by atoms with Crippen molar-refractivity contribution in [3.8, 4) is 28.5 Å². The van der Waals surface area contributed by atoms with Gasteiger partial charge in [-0.15, -0.1) is 0 Å². The van der Waals surface area contributed by atoms with Gasteiger partial charge < -0.3 is 14.4 Å². The van der Waals surface area contributed by atoms with Gasteiger partial charge in [-0.05, 0) is 75.8 Å². The Morgan fingerprint density at radius 2 is 1.68 bits per heavy atom. The van der Waals surface area contributed by atoms with Gasteiger partial charge in [0.15, 0.2) is 5.82 Å². The number of halogens is 1. The molecule has 1 aliphatic heterocycles. The number of hydrogen-bond donors (Lipinski definition) is 0. The topological polar surface area (TPSA) is 42.1 Å². The number of piperazine rings is 1. The molecule has 6 nitrogen and oxygen atoms in total. The molecule has 1 saturated heterocycles. The Morgan fingerprint density at radius 3 is 2.35 bits per heavy atom. The number of nitrogens with zero attached hydrogens (tertiary/aromatic N) is 6. The fourth-order valence-electron chi connectivity index (χ4n) is 4.67. The van der Waals surface area contributed by atoms with Gasteiger partial charge in [0.2, 0.25) is 0 Å². The largest absolute Gasteiger partial charge is 0.369 e. The molecule has 7 heteroatoms. The zero-order valence-electron chi connectivity index (χ0n) is 20.2. The minimum absolute atomic E-state index is 0.197. The third kappa shape index (κ3) is 4.12. The van der Waals surface area contributed by atoms with Crippen molar-refractivity contribution in [1.82, 2.24) is 24.0 Å². The average molecular weight is 459 g/mol. The number of aromatic nitrogens is 4. The highest BCUT2D eigenvalue weighted by Gasteiger charge is 2.22. The number of benzene rings is 2. The minimum Gasteiger partial charge on any atom is -0.369 e. The maximum absolute atomic E-state index is 13.6. The van der Waals surface area contributed by atoms with E-state index in [1.54, 1.807) is 12.1 Å². The van der Waals surface area contributed by atoms with Gasteiger partial charge in [0, 0.05) is 61.6 Å². The van der Waals surface area contributed by atoms with Crippen molar-refractivity contribution in [1.29, 1.82) is 0 Å². The van der Waals surface area contributed by atoms with Crippen LogP contribution < -0.4 is 4.90 Å². The lowest BCUT2D eigenvalue weighted by atomic mass is 10.1. The zero-order chi connectivity index (χ0) is 23.8. The highest BCUT2D eigenvalue weighted by atomic mass is 19.1. The number of imidazole rings is 2. The molecule has 0 bridgehead atoms. The summed E-state index contributed by atoms with van der Waals surface area (Å²) in [6, 6.07) is 13.3. The van der Waals surface area contributed by atoms with Crippen LogP contribution in [0.2, 0.25) is 0 Å². The van der Waals surface area contributed by atoms with Crippen LogP contribution in [0.3, 0.4) is 0 Å². The number of rotatable bonds is 5. The minimum atomic E-state index is -0.258. The normalized spacial score (nSPS) is 14.8. The first-order valence-corrected chi connectivity index (χ1v) is 11.8. The van der Waals surface area contributed by atoms with E-state index in [1.807, 2.05) is 18.7 Å². The second kappa shape index (κ2) is 9.06. The van der Waals surface area contributed by atoms with Crippen LogP contribution in [-0.4, -0.2) is 57.2 Å². The Morgan fingerprint density at radius 1 is 0.941 bits per heavy atom. The smallest absolute Gasteiger partial charge is 0.163 e. The predicted molar refractivity (Wildman–Crippen MR) is 135 cm³/mol. The van der Waals surface area contributed by atoms with Crippen molar-refractivity contribution in [3.05, 3.63) is 72.6 Å². The standard InChI is InChI=1S/C27H31FN6/c1-19(2)34-18-30-25(21-5-7-22(28)8-6-21)26(34)27-29-11-12-33(27)23-9-10-24(20(3)17-23)32-15-13-31(4)14-16-32/h5-12,17-19H,13-16H2,1-4H3. The van der Waals surface area contributed by atoms with Crippen LogP contribution in [0.15, 0.2) is 61.2 Å². The van der Waals surface area contributed by atoms with Crippen molar-refractivity contribution in [2.24, 2.45) is 0 Å². The fraction of sp³-hybridized carbons (Fsp3) is 0.333. The molecule has 2 aromatic carbocycles. The van der Waals surface area contributed by atoms with Crippen LogP contribution in [0.4, 0.5) is 10.1 Å². The summed E-state index contributed by atoms with van der Waals surface area (Å²) >= 11 is 0. The molecule has 4 aromatic rings. The monoisotopic (exact) mass is 458 g/mol. The van der Waals surface area contributed by atoms with Gasteiger partial charge >= 0.3 is 0 Å². The summed E-state index contributed by atoms with van der Waals surface area (Å²) in [5.41, 5.74) is 6.19. The lowest BCUT2D eigenvalue weighted by molar-refractivity contribution is 0.312. The van der Waals surface area contributed by atoms with Gasteiger partial charge in [-0.1, -0.05) is 0 Å². The van der Waals surface area contributed by atoms with E-state index < -0.39 is 0 Å². The second-order valence-electron chi connectivity index (χ2n) is 9.33. The molecule has 0 amide bonds. The summed E-state index contributed by atoms with van der Waals surface area (Å²) in [5.74, 6) is 0.559. The van der Waals surface area contributed by atoms with Gasteiger partial charge in [-0.25, -0.2) is 14.4 Å². The molecule has 0 N–H and O–H groups in total. The van der Waals surface area contributed by atoms with E-state index in [0.29, 0.717) is 0 Å². The first-order valence-electron chi connectivity index (χ1n) is 11.8. The highest BCUT2D eigenvalue weighted by molar-refractivity contribution is 5.76. The molecule has 0 saturated carbocycles. The summed E-state index contributed by atoms with van der Waals surface area (Å²) in [6.45, 7) is 10.7. The number of anilines is 1.